The Hall–Kier alpha value is -2.82. The summed E-state index contributed by atoms with van der Waals surface area (Å²) in [6.07, 6.45) is 5.64. The molecular weight excluding hydrogens is 452 g/mol. The Balaban J connectivity index is 1.48. The fourth-order valence-corrected chi connectivity index (χ4v) is 5.45. The molecule has 9 nitrogen and oxygen atoms in total. The molecule has 10 heteroatoms. The molecule has 0 saturated carbocycles. The number of piperidine rings is 1. The minimum Gasteiger partial charge on any atom is -0.768 e. The van der Waals surface area contributed by atoms with Crippen molar-refractivity contribution in [1.82, 2.24) is 19.5 Å². The van der Waals surface area contributed by atoms with Gasteiger partial charge in [-0.2, -0.15) is 5.10 Å². The summed E-state index contributed by atoms with van der Waals surface area (Å²) in [7, 11) is 0. The average molecular weight is 482 g/mol. The summed E-state index contributed by atoms with van der Waals surface area (Å²) in [5.41, 5.74) is 9.85. The van der Waals surface area contributed by atoms with E-state index < -0.39 is 11.1 Å². The first-order valence-electron chi connectivity index (χ1n) is 11.7. The third-order valence-electron chi connectivity index (χ3n) is 6.89. The first-order chi connectivity index (χ1) is 16.3. The van der Waals surface area contributed by atoms with E-state index >= 15 is 0 Å². The largest absolute Gasteiger partial charge is 0.768 e. The van der Waals surface area contributed by atoms with Crippen molar-refractivity contribution in [2.45, 2.75) is 56.5 Å². The van der Waals surface area contributed by atoms with Gasteiger partial charge in [0.05, 0.1) is 11.7 Å². The number of hydrogen-bond donors (Lipinski definition) is 1. The monoisotopic (exact) mass is 481 g/mol. The predicted octanol–water partition coefficient (Wildman–Crippen LogP) is 2.49. The number of aryl methyl sites for hydroxylation is 2. The van der Waals surface area contributed by atoms with Crippen LogP contribution in [0.2, 0.25) is 0 Å². The molecule has 1 aromatic carbocycles. The van der Waals surface area contributed by atoms with Crippen LogP contribution < -0.4 is 10.6 Å². The molecule has 34 heavy (non-hydrogen) atoms. The molecule has 2 aliphatic rings. The van der Waals surface area contributed by atoms with Crippen LogP contribution in [0.15, 0.2) is 35.4 Å². The van der Waals surface area contributed by atoms with Crippen molar-refractivity contribution in [1.29, 1.82) is 0 Å². The molecule has 180 valence electrons. The first-order valence-corrected chi connectivity index (χ1v) is 12.8. The summed E-state index contributed by atoms with van der Waals surface area (Å²) < 4.78 is 24.7. The molecule has 2 N–H and O–H groups in total. The number of likely N-dealkylation sites (tertiary alicyclic amines) is 1. The molecule has 3 aromatic rings. The Morgan fingerprint density at radius 2 is 1.97 bits per heavy atom. The highest BCUT2D eigenvalue weighted by molar-refractivity contribution is 7.79. The molecule has 2 aromatic heterocycles. The lowest BCUT2D eigenvalue weighted by atomic mass is 9.97. The molecular formula is C24H29N6O3S-. The van der Waals surface area contributed by atoms with Crippen LogP contribution in [0.1, 0.15) is 58.9 Å². The Bertz CT molecular complexity index is 1280. The molecule has 1 unspecified atom stereocenters. The van der Waals surface area contributed by atoms with E-state index in [1.54, 1.807) is 10.6 Å². The summed E-state index contributed by atoms with van der Waals surface area (Å²) in [5, 5.41) is 4.79. The number of rotatable bonds is 4. The van der Waals surface area contributed by atoms with Crippen molar-refractivity contribution in [3.8, 4) is 0 Å². The highest BCUT2D eigenvalue weighted by Crippen LogP contribution is 2.33. The topological polar surface area (TPSA) is 120 Å². The second kappa shape index (κ2) is 9.09. The molecule has 5 rings (SSSR count). The lowest BCUT2D eigenvalue weighted by molar-refractivity contribution is 0.0604. The van der Waals surface area contributed by atoms with Gasteiger partial charge in [0.25, 0.3) is 5.91 Å². The van der Waals surface area contributed by atoms with Crippen LogP contribution in [0.3, 0.4) is 0 Å². The smallest absolute Gasteiger partial charge is 0.254 e. The van der Waals surface area contributed by atoms with Gasteiger partial charge in [-0.25, -0.2) is 9.50 Å². The highest BCUT2D eigenvalue weighted by Gasteiger charge is 2.32. The van der Waals surface area contributed by atoms with Crippen LogP contribution in [0.25, 0.3) is 5.65 Å². The summed E-state index contributed by atoms with van der Waals surface area (Å²) >= 11 is -2.39. The van der Waals surface area contributed by atoms with E-state index in [0.29, 0.717) is 12.1 Å². The number of carbonyl (C=O) groups excluding carboxylic acids is 1. The van der Waals surface area contributed by atoms with E-state index in [0.717, 1.165) is 67.1 Å². The van der Waals surface area contributed by atoms with Gasteiger partial charge in [0.2, 0.25) is 0 Å². The minimum absolute atomic E-state index is 0.115. The molecule has 4 heterocycles. The SMILES string of the molecule is Cc1ccc(S(=O)[O-])cc1C(=O)N1CCCC[C@H]1c1cc2nc(N3CC[C@H](N)C3)c(C)cn2n1. The molecule has 2 fully saturated rings. The summed E-state index contributed by atoms with van der Waals surface area (Å²) in [5.74, 6) is 0.768. The maximum Gasteiger partial charge on any atom is 0.254 e. The molecule has 3 atom stereocenters. The zero-order chi connectivity index (χ0) is 24.0. The molecule has 2 aliphatic heterocycles. The van der Waals surface area contributed by atoms with Crippen LogP contribution >= 0.6 is 0 Å². The number of carbonyl (C=O) groups is 1. The van der Waals surface area contributed by atoms with Crippen molar-refractivity contribution in [3.05, 3.63) is 52.8 Å². The van der Waals surface area contributed by atoms with E-state index in [4.69, 9.17) is 15.8 Å². The van der Waals surface area contributed by atoms with Crippen molar-refractivity contribution >= 4 is 28.5 Å². The fraction of sp³-hybridized carbons (Fsp3) is 0.458. The Kier molecular flexibility index (Phi) is 6.13. The van der Waals surface area contributed by atoms with E-state index in [2.05, 4.69) is 4.90 Å². The number of fused-ring (bicyclic) bond motifs is 1. The number of aromatic nitrogens is 3. The normalized spacial score (nSPS) is 21.9. The fourth-order valence-electron chi connectivity index (χ4n) is 5.05. The third-order valence-corrected chi connectivity index (χ3v) is 7.52. The Labute approximate surface area is 201 Å². The van der Waals surface area contributed by atoms with E-state index in [1.807, 2.05) is 31.0 Å². The van der Waals surface area contributed by atoms with Gasteiger partial charge in [0, 0.05) is 54.0 Å². The number of benzene rings is 1. The number of nitrogens with two attached hydrogens (primary N) is 1. The molecule has 0 bridgehead atoms. The Morgan fingerprint density at radius 3 is 2.71 bits per heavy atom. The second-order valence-corrected chi connectivity index (χ2v) is 10.3. The van der Waals surface area contributed by atoms with Crippen LogP contribution in [0.4, 0.5) is 5.82 Å². The van der Waals surface area contributed by atoms with Crippen molar-refractivity contribution in [2.24, 2.45) is 5.73 Å². The number of anilines is 1. The zero-order valence-corrected chi connectivity index (χ0v) is 20.3. The maximum absolute atomic E-state index is 13.6. The molecule has 0 aliphatic carbocycles. The van der Waals surface area contributed by atoms with Gasteiger partial charge in [-0.15, -0.1) is 0 Å². The van der Waals surface area contributed by atoms with E-state index in [1.165, 1.54) is 12.1 Å². The van der Waals surface area contributed by atoms with Gasteiger partial charge in [0.1, 0.15) is 5.82 Å². The van der Waals surface area contributed by atoms with Gasteiger partial charge in [-0.1, -0.05) is 6.07 Å². The second-order valence-electron chi connectivity index (χ2n) is 9.34. The lowest BCUT2D eigenvalue weighted by Gasteiger charge is -2.35. The van der Waals surface area contributed by atoms with Crippen LogP contribution in [-0.4, -0.2) is 59.8 Å². The number of amides is 1. The average Bonchev–Trinajstić information content (AvgIpc) is 3.43. The van der Waals surface area contributed by atoms with Crippen LogP contribution in [-0.2, 0) is 11.1 Å². The third kappa shape index (κ3) is 4.21. The summed E-state index contributed by atoms with van der Waals surface area (Å²) in [6.45, 7) is 6.14. The van der Waals surface area contributed by atoms with Gasteiger partial charge >= 0.3 is 0 Å². The molecule has 2 saturated heterocycles. The first kappa shape index (κ1) is 22.9. The van der Waals surface area contributed by atoms with Crippen LogP contribution in [0.5, 0.6) is 0 Å². The van der Waals surface area contributed by atoms with Crippen molar-refractivity contribution in [2.75, 3.05) is 24.5 Å². The predicted molar refractivity (Wildman–Crippen MR) is 129 cm³/mol. The van der Waals surface area contributed by atoms with Gasteiger partial charge in [0.15, 0.2) is 5.65 Å². The van der Waals surface area contributed by atoms with Gasteiger partial charge in [-0.05, 0) is 68.3 Å². The molecule has 1 amide bonds. The quantitative estimate of drug-likeness (QED) is 0.569. The Morgan fingerprint density at radius 1 is 1.15 bits per heavy atom. The maximum atomic E-state index is 13.6. The summed E-state index contributed by atoms with van der Waals surface area (Å²) in [6, 6.07) is 6.61. The van der Waals surface area contributed by atoms with E-state index in [-0.39, 0.29) is 22.9 Å². The zero-order valence-electron chi connectivity index (χ0n) is 19.4. The standard InChI is InChI=1S/C24H30N6O3S/c1-15-6-7-18(34(32)33)11-19(15)24(31)29-9-4-3-5-21(29)20-12-22-26-23(16(2)13-30(22)27-20)28-10-8-17(25)14-28/h6-7,11-13,17,21H,3-5,8-10,14,25H2,1-2H3,(H,32,33)/p-1/t17-,21-/m0/s1. The van der Waals surface area contributed by atoms with Gasteiger partial charge in [-0.3, -0.25) is 9.00 Å². The molecule has 0 spiro atoms. The van der Waals surface area contributed by atoms with E-state index in [9.17, 15) is 13.6 Å². The van der Waals surface area contributed by atoms with Crippen molar-refractivity contribution in [3.63, 3.8) is 0 Å². The molecule has 0 radical (unpaired) electrons. The number of hydrogen-bond acceptors (Lipinski definition) is 7. The highest BCUT2D eigenvalue weighted by atomic mass is 32.2. The van der Waals surface area contributed by atoms with Crippen LogP contribution in [0, 0.1) is 13.8 Å². The minimum atomic E-state index is -2.39. The lowest BCUT2D eigenvalue weighted by Crippen LogP contribution is -2.39. The van der Waals surface area contributed by atoms with Crippen molar-refractivity contribution < 1.29 is 13.6 Å². The van der Waals surface area contributed by atoms with Gasteiger partial charge < -0.3 is 20.1 Å². The summed E-state index contributed by atoms with van der Waals surface area (Å²) in [4.78, 5) is 22.6. The number of nitrogens with zero attached hydrogens (tertiary/aromatic N) is 5.